The maximum Gasteiger partial charge on any atom is 0.434 e. The summed E-state index contributed by atoms with van der Waals surface area (Å²) >= 11 is 13.0. The van der Waals surface area contributed by atoms with Crippen LogP contribution in [0.3, 0.4) is 0 Å². The second kappa shape index (κ2) is 12.7. The number of esters is 1. The first-order valence-electron chi connectivity index (χ1n) is 13.0. The number of aromatic nitrogens is 1. The van der Waals surface area contributed by atoms with Gasteiger partial charge >= 0.3 is 12.1 Å². The summed E-state index contributed by atoms with van der Waals surface area (Å²) in [5.74, 6) is -0.939. The van der Waals surface area contributed by atoms with Crippen LogP contribution in [0.5, 0.6) is 5.75 Å². The largest absolute Gasteiger partial charge is 0.488 e. The van der Waals surface area contributed by atoms with Crippen LogP contribution in [0.4, 0.5) is 13.2 Å². The van der Waals surface area contributed by atoms with E-state index in [9.17, 15) is 28.0 Å². The molecule has 1 aliphatic heterocycles. The van der Waals surface area contributed by atoms with E-state index in [1.807, 2.05) is 0 Å². The second-order valence-corrected chi connectivity index (χ2v) is 11.2. The lowest BCUT2D eigenvalue weighted by molar-refractivity contribution is -0.140. The topological polar surface area (TPSA) is 93.7 Å². The van der Waals surface area contributed by atoms with Crippen molar-refractivity contribution in [2.45, 2.75) is 25.7 Å². The molecule has 4 aromatic rings. The summed E-state index contributed by atoms with van der Waals surface area (Å²) in [5, 5.41) is 10.0. The molecule has 0 bridgehead atoms. The van der Waals surface area contributed by atoms with Gasteiger partial charge in [0, 0.05) is 21.2 Å². The zero-order valence-corrected chi connectivity index (χ0v) is 25.0. The van der Waals surface area contributed by atoms with E-state index in [0.717, 1.165) is 4.57 Å². The Morgan fingerprint density at radius 3 is 2.50 bits per heavy atom. The van der Waals surface area contributed by atoms with Crippen molar-refractivity contribution < 1.29 is 27.4 Å². The number of allylic oxidation sites excluding steroid dienone is 1. The van der Waals surface area contributed by atoms with Crippen LogP contribution in [0, 0.1) is 11.3 Å². The van der Waals surface area contributed by atoms with E-state index in [4.69, 9.17) is 32.7 Å². The summed E-state index contributed by atoms with van der Waals surface area (Å²) in [4.78, 5) is 30.4. The van der Waals surface area contributed by atoms with E-state index >= 15 is 0 Å². The Balaban J connectivity index is 1.69. The highest BCUT2D eigenvalue weighted by molar-refractivity contribution is 7.07. The first-order valence-corrected chi connectivity index (χ1v) is 14.5. The summed E-state index contributed by atoms with van der Waals surface area (Å²) in [5.41, 5.74) is -1.35. The fourth-order valence-electron chi connectivity index (χ4n) is 4.62. The van der Waals surface area contributed by atoms with Gasteiger partial charge in [-0.3, -0.25) is 9.36 Å². The lowest BCUT2D eigenvalue weighted by Gasteiger charge is -2.26. The van der Waals surface area contributed by atoms with Gasteiger partial charge in [0.25, 0.3) is 5.56 Å². The SMILES string of the molecule is CCOC(=O)C1=C(C(F)(F)F)N=c2s/c(=C\c3cc(Cl)ccc3OCc3ccccc3C#N)c(=O)n2[C@@H]1c1ccc(Cl)cc1. The molecule has 2 heterocycles. The number of hydrogen-bond donors (Lipinski definition) is 0. The molecule has 0 fully saturated rings. The summed E-state index contributed by atoms with van der Waals surface area (Å²) in [6, 6.07) is 17.9. The van der Waals surface area contributed by atoms with Gasteiger partial charge in [-0.15, -0.1) is 0 Å². The monoisotopic (exact) mass is 657 g/mol. The Bertz CT molecular complexity index is 2010. The second-order valence-electron chi connectivity index (χ2n) is 9.35. The minimum absolute atomic E-state index is 0.0129. The van der Waals surface area contributed by atoms with E-state index in [2.05, 4.69) is 11.1 Å². The van der Waals surface area contributed by atoms with Crippen molar-refractivity contribution in [1.29, 1.82) is 5.26 Å². The number of carbonyl (C=O) groups excluding carboxylic acids is 1. The van der Waals surface area contributed by atoms with Gasteiger partial charge in [-0.2, -0.15) is 18.4 Å². The van der Waals surface area contributed by atoms with Crippen molar-refractivity contribution in [3.8, 4) is 11.8 Å². The Labute approximate surface area is 262 Å². The number of ether oxygens (including phenoxy) is 2. The standard InChI is InChI=1S/C31H20Cl2F3N3O4S/c1-2-42-29(41)25-26(17-7-9-21(32)10-8-17)39-28(40)24(44-30(39)38-27(25)31(34,35)36)14-20-13-22(33)11-12-23(20)43-16-19-6-4-3-5-18(19)15-37/h3-14,26H,2,16H2,1H3/b24-14-/t26-/m1/s1. The molecule has 0 saturated heterocycles. The normalized spacial score (nSPS) is 14.9. The van der Waals surface area contributed by atoms with E-state index in [-0.39, 0.29) is 28.1 Å². The van der Waals surface area contributed by atoms with Crippen LogP contribution in [-0.4, -0.2) is 23.3 Å². The summed E-state index contributed by atoms with van der Waals surface area (Å²) in [7, 11) is 0. The Hall–Kier alpha value is -4.37. The van der Waals surface area contributed by atoms with Gasteiger partial charge in [0.1, 0.15) is 12.4 Å². The van der Waals surface area contributed by atoms with Gasteiger partial charge in [0.15, 0.2) is 10.5 Å². The highest BCUT2D eigenvalue weighted by atomic mass is 35.5. The average Bonchev–Trinajstić information content (AvgIpc) is 3.30. The summed E-state index contributed by atoms with van der Waals surface area (Å²) in [6.45, 7) is 1.30. The molecule has 0 saturated carbocycles. The molecule has 1 aromatic heterocycles. The van der Waals surface area contributed by atoms with Crippen molar-refractivity contribution in [3.63, 3.8) is 0 Å². The molecule has 1 aliphatic rings. The number of nitrogens with zero attached hydrogens (tertiary/aromatic N) is 3. The first-order chi connectivity index (χ1) is 21.0. The molecule has 0 radical (unpaired) electrons. The minimum atomic E-state index is -5.03. The summed E-state index contributed by atoms with van der Waals surface area (Å²) in [6.07, 6.45) is -3.60. The average molecular weight is 658 g/mol. The van der Waals surface area contributed by atoms with Crippen LogP contribution in [-0.2, 0) is 16.1 Å². The molecule has 0 unspecified atom stereocenters. The molecule has 7 nitrogen and oxygen atoms in total. The van der Waals surface area contributed by atoms with E-state index < -0.39 is 35.0 Å². The number of rotatable bonds is 7. The van der Waals surface area contributed by atoms with E-state index in [1.54, 1.807) is 36.4 Å². The van der Waals surface area contributed by atoms with Gasteiger partial charge in [-0.25, -0.2) is 9.79 Å². The number of carbonyl (C=O) groups is 1. The lowest BCUT2D eigenvalue weighted by Crippen LogP contribution is -2.41. The van der Waals surface area contributed by atoms with Gasteiger partial charge in [0.05, 0.1) is 34.4 Å². The van der Waals surface area contributed by atoms with Crippen molar-refractivity contribution >= 4 is 46.6 Å². The first kappa shape index (κ1) is 31.1. The molecule has 13 heteroatoms. The number of fused-ring (bicyclic) bond motifs is 1. The third-order valence-electron chi connectivity index (χ3n) is 6.56. The van der Waals surface area contributed by atoms with E-state index in [0.29, 0.717) is 43.8 Å². The van der Waals surface area contributed by atoms with Gasteiger partial charge in [0.2, 0.25) is 0 Å². The molecule has 3 aromatic carbocycles. The fraction of sp³-hybridized carbons (Fsp3) is 0.161. The molecular weight excluding hydrogens is 638 g/mol. The quantitative estimate of drug-likeness (QED) is 0.224. The number of halogens is 5. The van der Waals surface area contributed by atoms with E-state index in [1.165, 1.54) is 43.3 Å². The molecule has 5 rings (SSSR count). The van der Waals surface area contributed by atoms with Crippen molar-refractivity contribution in [2.75, 3.05) is 6.61 Å². The van der Waals surface area contributed by atoms with Crippen molar-refractivity contribution in [3.05, 3.63) is 130 Å². The number of hydrogen-bond acceptors (Lipinski definition) is 7. The predicted molar refractivity (Wildman–Crippen MR) is 159 cm³/mol. The smallest absolute Gasteiger partial charge is 0.434 e. The number of thiazole rings is 1. The fourth-order valence-corrected chi connectivity index (χ4v) is 5.91. The zero-order valence-electron chi connectivity index (χ0n) is 22.7. The van der Waals surface area contributed by atoms with Gasteiger partial charge in [-0.1, -0.05) is 64.9 Å². The van der Waals surface area contributed by atoms with Gasteiger partial charge in [-0.05, 0) is 55.0 Å². The van der Waals surface area contributed by atoms with Crippen LogP contribution < -0.4 is 19.6 Å². The van der Waals surface area contributed by atoms with Crippen molar-refractivity contribution in [2.24, 2.45) is 4.99 Å². The molecule has 0 amide bonds. The summed E-state index contributed by atoms with van der Waals surface area (Å²) < 4.78 is 55.1. The zero-order chi connectivity index (χ0) is 31.6. The lowest BCUT2D eigenvalue weighted by atomic mass is 9.95. The molecule has 0 spiro atoms. The van der Waals surface area contributed by atoms with Crippen molar-refractivity contribution in [1.82, 2.24) is 4.57 Å². The minimum Gasteiger partial charge on any atom is -0.488 e. The Morgan fingerprint density at radius 1 is 1.11 bits per heavy atom. The van der Waals surface area contributed by atoms with Gasteiger partial charge < -0.3 is 9.47 Å². The molecule has 0 N–H and O–H groups in total. The van der Waals surface area contributed by atoms with Crippen LogP contribution in [0.2, 0.25) is 10.0 Å². The maximum absolute atomic E-state index is 14.3. The molecule has 224 valence electrons. The Morgan fingerprint density at radius 2 is 1.82 bits per heavy atom. The molecule has 1 atom stereocenters. The number of benzene rings is 3. The number of alkyl halides is 3. The highest BCUT2D eigenvalue weighted by Gasteiger charge is 2.45. The van der Waals surface area contributed by atoms with Crippen LogP contribution >= 0.6 is 34.5 Å². The third kappa shape index (κ3) is 6.28. The number of nitriles is 1. The maximum atomic E-state index is 14.3. The molecule has 0 aliphatic carbocycles. The predicted octanol–water partition coefficient (Wildman–Crippen LogP) is 6.10. The third-order valence-corrected chi connectivity index (χ3v) is 8.03. The molecular formula is C31H20Cl2F3N3O4S. The highest BCUT2D eigenvalue weighted by Crippen LogP contribution is 2.38. The Kier molecular flexibility index (Phi) is 8.97. The van der Waals surface area contributed by atoms with Crippen LogP contribution in [0.1, 0.15) is 35.2 Å². The van der Waals surface area contributed by atoms with Crippen LogP contribution in [0.25, 0.3) is 6.08 Å². The van der Waals surface area contributed by atoms with Crippen LogP contribution in [0.15, 0.2) is 87.8 Å². The molecule has 44 heavy (non-hydrogen) atoms.